The van der Waals surface area contributed by atoms with Gasteiger partial charge in [0.25, 0.3) is 5.91 Å². The molecule has 0 fully saturated rings. The predicted molar refractivity (Wildman–Crippen MR) is 79.0 cm³/mol. The van der Waals surface area contributed by atoms with Crippen LogP contribution < -0.4 is 5.32 Å². The zero-order valence-corrected chi connectivity index (χ0v) is 11.0. The van der Waals surface area contributed by atoms with Gasteiger partial charge in [-0.2, -0.15) is 0 Å². The van der Waals surface area contributed by atoms with Gasteiger partial charge in [0, 0.05) is 22.8 Å². The summed E-state index contributed by atoms with van der Waals surface area (Å²) >= 11 is 0. The van der Waals surface area contributed by atoms with Crippen molar-refractivity contribution in [1.29, 1.82) is 0 Å². The van der Waals surface area contributed by atoms with E-state index in [9.17, 15) is 4.79 Å². The third kappa shape index (κ3) is 1.10. The van der Waals surface area contributed by atoms with Crippen LogP contribution in [0.1, 0.15) is 33.5 Å². The zero-order chi connectivity index (χ0) is 13.3. The van der Waals surface area contributed by atoms with Crippen LogP contribution in [0.15, 0.2) is 24.3 Å². The lowest BCUT2D eigenvalue weighted by Gasteiger charge is -2.08. The standard InChI is InChI=1S/C17H14N2O/c20-17-15-12(8-18-17)9-5-3-6-10(9)16-14(15)11-4-1-2-7-13(11)19-16/h1-2,4,7,19H,3,5-6,8H2,(H,18,20). The Morgan fingerprint density at radius 1 is 1.00 bits per heavy atom. The van der Waals surface area contributed by atoms with E-state index in [0.29, 0.717) is 6.54 Å². The molecule has 0 radical (unpaired) electrons. The molecule has 5 rings (SSSR count). The normalized spacial score (nSPS) is 16.7. The number of aryl methyl sites for hydroxylation is 1. The highest BCUT2D eigenvalue weighted by Crippen LogP contribution is 2.40. The molecule has 0 atom stereocenters. The first-order valence-corrected chi connectivity index (χ1v) is 7.20. The monoisotopic (exact) mass is 262 g/mol. The van der Waals surface area contributed by atoms with Crippen LogP contribution in [0, 0.1) is 0 Å². The number of H-pyrrole nitrogens is 1. The molecule has 2 aromatic carbocycles. The van der Waals surface area contributed by atoms with Gasteiger partial charge in [0.2, 0.25) is 0 Å². The molecule has 20 heavy (non-hydrogen) atoms. The summed E-state index contributed by atoms with van der Waals surface area (Å²) < 4.78 is 0. The molecule has 2 aliphatic rings. The topological polar surface area (TPSA) is 44.9 Å². The molecule has 3 heteroatoms. The Morgan fingerprint density at radius 3 is 2.80 bits per heavy atom. The molecular formula is C17H14N2O. The summed E-state index contributed by atoms with van der Waals surface area (Å²) in [7, 11) is 0. The average molecular weight is 262 g/mol. The van der Waals surface area contributed by atoms with Crippen molar-refractivity contribution in [3.8, 4) is 0 Å². The van der Waals surface area contributed by atoms with Gasteiger partial charge >= 0.3 is 0 Å². The molecule has 2 heterocycles. The van der Waals surface area contributed by atoms with Crippen molar-refractivity contribution in [1.82, 2.24) is 10.3 Å². The summed E-state index contributed by atoms with van der Waals surface area (Å²) in [4.78, 5) is 15.8. The number of hydrogen-bond donors (Lipinski definition) is 2. The fraction of sp³-hybridized carbons (Fsp3) is 0.235. The maximum Gasteiger partial charge on any atom is 0.252 e. The number of hydrogen-bond acceptors (Lipinski definition) is 1. The van der Waals surface area contributed by atoms with Gasteiger partial charge in [-0.25, -0.2) is 0 Å². The second-order valence-corrected chi connectivity index (χ2v) is 5.77. The largest absolute Gasteiger partial charge is 0.354 e. The Morgan fingerprint density at radius 2 is 1.85 bits per heavy atom. The maximum absolute atomic E-state index is 12.3. The SMILES string of the molecule is O=C1NCc2c3c(c4[nH]c5ccccc5c4c21)CCC3. The molecule has 0 bridgehead atoms. The van der Waals surface area contributed by atoms with Crippen LogP contribution >= 0.6 is 0 Å². The summed E-state index contributed by atoms with van der Waals surface area (Å²) in [5, 5.41) is 5.31. The van der Waals surface area contributed by atoms with Gasteiger partial charge in [0.15, 0.2) is 0 Å². The molecule has 1 aliphatic heterocycles. The number of aromatic nitrogens is 1. The van der Waals surface area contributed by atoms with E-state index < -0.39 is 0 Å². The van der Waals surface area contributed by atoms with Crippen molar-refractivity contribution < 1.29 is 4.79 Å². The van der Waals surface area contributed by atoms with E-state index in [1.807, 2.05) is 12.1 Å². The summed E-state index contributed by atoms with van der Waals surface area (Å²) in [5.41, 5.74) is 7.33. The molecule has 98 valence electrons. The Bertz CT molecular complexity index is 904. The molecule has 0 unspecified atom stereocenters. The maximum atomic E-state index is 12.3. The minimum atomic E-state index is 0.0875. The highest BCUT2D eigenvalue weighted by Gasteiger charge is 2.31. The van der Waals surface area contributed by atoms with Crippen LogP contribution in [0.2, 0.25) is 0 Å². The van der Waals surface area contributed by atoms with E-state index in [-0.39, 0.29) is 5.91 Å². The number of rotatable bonds is 0. The van der Waals surface area contributed by atoms with E-state index in [0.717, 1.165) is 29.3 Å². The lowest BCUT2D eigenvalue weighted by Crippen LogP contribution is -2.12. The number of amides is 1. The molecule has 3 nitrogen and oxygen atoms in total. The van der Waals surface area contributed by atoms with Crippen LogP contribution in [0.25, 0.3) is 21.8 Å². The lowest BCUT2D eigenvalue weighted by molar-refractivity contribution is 0.0967. The number of para-hydroxylation sites is 1. The third-order valence-electron chi connectivity index (χ3n) is 4.79. The van der Waals surface area contributed by atoms with Crippen molar-refractivity contribution in [2.24, 2.45) is 0 Å². The van der Waals surface area contributed by atoms with Crippen molar-refractivity contribution >= 4 is 27.7 Å². The van der Waals surface area contributed by atoms with Gasteiger partial charge in [-0.15, -0.1) is 0 Å². The van der Waals surface area contributed by atoms with E-state index >= 15 is 0 Å². The van der Waals surface area contributed by atoms with Crippen LogP contribution in [-0.2, 0) is 19.4 Å². The van der Waals surface area contributed by atoms with Crippen molar-refractivity contribution in [3.05, 3.63) is 46.5 Å². The third-order valence-corrected chi connectivity index (χ3v) is 4.79. The van der Waals surface area contributed by atoms with Crippen LogP contribution in [-0.4, -0.2) is 10.9 Å². The first-order valence-electron chi connectivity index (χ1n) is 7.20. The van der Waals surface area contributed by atoms with Crippen LogP contribution in [0.5, 0.6) is 0 Å². The number of carbonyl (C=O) groups excluding carboxylic acids is 1. The van der Waals surface area contributed by atoms with Crippen molar-refractivity contribution in [2.75, 3.05) is 0 Å². The molecule has 1 amide bonds. The summed E-state index contributed by atoms with van der Waals surface area (Å²) in [6.45, 7) is 0.700. The number of benzene rings is 2. The molecule has 2 N–H and O–H groups in total. The summed E-state index contributed by atoms with van der Waals surface area (Å²) in [5.74, 6) is 0.0875. The Balaban J connectivity index is 2.10. The van der Waals surface area contributed by atoms with E-state index in [1.165, 1.54) is 34.0 Å². The van der Waals surface area contributed by atoms with Gasteiger partial charge in [0.1, 0.15) is 0 Å². The quantitative estimate of drug-likeness (QED) is 0.642. The number of aromatic amines is 1. The predicted octanol–water partition coefficient (Wildman–Crippen LogP) is 3.05. The van der Waals surface area contributed by atoms with Crippen LogP contribution in [0.4, 0.5) is 0 Å². The average Bonchev–Trinajstić information content (AvgIpc) is 3.13. The number of nitrogens with one attached hydrogen (secondary N) is 2. The smallest absolute Gasteiger partial charge is 0.252 e. The second kappa shape index (κ2) is 3.42. The lowest BCUT2D eigenvalue weighted by atomic mass is 9.94. The first kappa shape index (κ1) is 10.5. The Labute approximate surface area is 116 Å². The highest BCUT2D eigenvalue weighted by molar-refractivity contribution is 6.20. The van der Waals surface area contributed by atoms with Crippen LogP contribution in [0.3, 0.4) is 0 Å². The van der Waals surface area contributed by atoms with Gasteiger partial charge in [-0.3, -0.25) is 4.79 Å². The van der Waals surface area contributed by atoms with Gasteiger partial charge < -0.3 is 10.3 Å². The number of fused-ring (bicyclic) bond motifs is 8. The fourth-order valence-corrected chi connectivity index (χ4v) is 3.99. The summed E-state index contributed by atoms with van der Waals surface area (Å²) in [6, 6.07) is 8.29. The Kier molecular flexibility index (Phi) is 1.80. The summed E-state index contributed by atoms with van der Waals surface area (Å²) in [6.07, 6.45) is 3.43. The van der Waals surface area contributed by atoms with Gasteiger partial charge in [0.05, 0.1) is 11.1 Å². The van der Waals surface area contributed by atoms with Gasteiger partial charge in [-0.1, -0.05) is 18.2 Å². The molecule has 3 aromatic rings. The zero-order valence-electron chi connectivity index (χ0n) is 11.0. The van der Waals surface area contributed by atoms with Crippen molar-refractivity contribution in [3.63, 3.8) is 0 Å². The molecular weight excluding hydrogens is 248 g/mol. The minimum Gasteiger partial charge on any atom is -0.354 e. The molecule has 0 saturated carbocycles. The fourth-order valence-electron chi connectivity index (χ4n) is 3.99. The van der Waals surface area contributed by atoms with Gasteiger partial charge in [-0.05, 0) is 42.0 Å². The number of carbonyl (C=O) groups is 1. The molecule has 1 aliphatic carbocycles. The van der Waals surface area contributed by atoms with E-state index in [1.54, 1.807) is 0 Å². The minimum absolute atomic E-state index is 0.0875. The second-order valence-electron chi connectivity index (χ2n) is 5.77. The van der Waals surface area contributed by atoms with E-state index in [4.69, 9.17) is 0 Å². The molecule has 0 saturated heterocycles. The molecule has 1 aromatic heterocycles. The Hall–Kier alpha value is -2.29. The van der Waals surface area contributed by atoms with E-state index in [2.05, 4.69) is 22.4 Å². The van der Waals surface area contributed by atoms with Crippen molar-refractivity contribution in [2.45, 2.75) is 25.8 Å². The molecule has 0 spiro atoms. The highest BCUT2D eigenvalue weighted by atomic mass is 16.1. The first-order chi connectivity index (χ1) is 9.84.